The number of unbranched alkanes of at least 4 members (excludes halogenated alkanes) is 1. The van der Waals surface area contributed by atoms with Gasteiger partial charge in [-0.1, -0.05) is 25.5 Å². The number of thiocarbonyl (C=S) groups is 1. The van der Waals surface area contributed by atoms with E-state index < -0.39 is 0 Å². The van der Waals surface area contributed by atoms with E-state index in [-0.39, 0.29) is 0 Å². The van der Waals surface area contributed by atoms with Crippen molar-refractivity contribution in [3.63, 3.8) is 0 Å². The number of aromatic nitrogens is 2. The Balaban J connectivity index is 1.83. The molecule has 0 aliphatic heterocycles. The first-order valence-corrected chi connectivity index (χ1v) is 8.70. The first-order chi connectivity index (χ1) is 11.1. The quantitative estimate of drug-likeness (QED) is 0.752. The summed E-state index contributed by atoms with van der Waals surface area (Å²) in [6.07, 6.45) is 5.50. The predicted molar refractivity (Wildman–Crippen MR) is 101 cm³/mol. The Morgan fingerprint density at radius 1 is 1.22 bits per heavy atom. The third-order valence-corrected chi connectivity index (χ3v) is 4.22. The highest BCUT2D eigenvalue weighted by Gasteiger charge is 2.05. The van der Waals surface area contributed by atoms with Crippen molar-refractivity contribution in [2.45, 2.75) is 53.1 Å². The molecule has 0 spiro atoms. The standard InChI is InChI=1S/C18H26N4S/c1-4-6-7-15-8-10-17(11-9-15)21-18(23)19-12-16-13-20-22(5-2)14(16)3/h8-11,13H,4-7,12H2,1-3H3,(H2,19,21,23). The van der Waals surface area contributed by atoms with Crippen LogP contribution in [0, 0.1) is 6.92 Å². The van der Waals surface area contributed by atoms with Gasteiger partial charge in [0.05, 0.1) is 6.20 Å². The predicted octanol–water partition coefficient (Wildman–Crippen LogP) is 4.04. The molecule has 0 atom stereocenters. The zero-order chi connectivity index (χ0) is 16.7. The maximum Gasteiger partial charge on any atom is 0.171 e. The van der Waals surface area contributed by atoms with Crippen LogP contribution in [0.4, 0.5) is 5.69 Å². The zero-order valence-electron chi connectivity index (χ0n) is 14.2. The molecule has 0 unspecified atom stereocenters. The van der Waals surface area contributed by atoms with Gasteiger partial charge in [-0.25, -0.2) is 0 Å². The Hall–Kier alpha value is -1.88. The van der Waals surface area contributed by atoms with Crippen molar-refractivity contribution in [2.75, 3.05) is 5.32 Å². The fourth-order valence-electron chi connectivity index (χ4n) is 2.46. The van der Waals surface area contributed by atoms with Crippen LogP contribution in [0.15, 0.2) is 30.5 Å². The number of nitrogens with one attached hydrogen (secondary N) is 2. The molecule has 2 rings (SSSR count). The molecular weight excluding hydrogens is 304 g/mol. The highest BCUT2D eigenvalue weighted by atomic mass is 32.1. The maximum atomic E-state index is 5.37. The fraction of sp³-hybridized carbons (Fsp3) is 0.444. The van der Waals surface area contributed by atoms with Crippen molar-refractivity contribution in [2.24, 2.45) is 0 Å². The van der Waals surface area contributed by atoms with Crippen LogP contribution >= 0.6 is 12.2 Å². The Morgan fingerprint density at radius 2 is 1.96 bits per heavy atom. The van der Waals surface area contributed by atoms with E-state index in [1.165, 1.54) is 29.7 Å². The molecule has 0 bridgehead atoms. The molecule has 0 radical (unpaired) electrons. The first-order valence-electron chi connectivity index (χ1n) is 8.29. The average molecular weight is 331 g/mol. The molecule has 23 heavy (non-hydrogen) atoms. The summed E-state index contributed by atoms with van der Waals surface area (Å²) >= 11 is 5.37. The smallest absolute Gasteiger partial charge is 0.171 e. The van der Waals surface area contributed by atoms with Crippen molar-refractivity contribution in [1.82, 2.24) is 15.1 Å². The average Bonchev–Trinajstić information content (AvgIpc) is 2.92. The van der Waals surface area contributed by atoms with Crippen molar-refractivity contribution < 1.29 is 0 Å². The number of hydrogen-bond donors (Lipinski definition) is 2. The summed E-state index contributed by atoms with van der Waals surface area (Å²) in [4.78, 5) is 0. The van der Waals surface area contributed by atoms with E-state index in [9.17, 15) is 0 Å². The lowest BCUT2D eigenvalue weighted by Crippen LogP contribution is -2.28. The van der Waals surface area contributed by atoms with Crippen LogP contribution in [-0.4, -0.2) is 14.9 Å². The molecule has 0 aliphatic rings. The van der Waals surface area contributed by atoms with Crippen LogP contribution in [-0.2, 0) is 19.5 Å². The lowest BCUT2D eigenvalue weighted by atomic mass is 10.1. The summed E-state index contributed by atoms with van der Waals surface area (Å²) in [5.41, 5.74) is 4.75. The summed E-state index contributed by atoms with van der Waals surface area (Å²) in [7, 11) is 0. The monoisotopic (exact) mass is 330 g/mol. The summed E-state index contributed by atoms with van der Waals surface area (Å²) in [5.74, 6) is 0. The molecule has 0 amide bonds. The largest absolute Gasteiger partial charge is 0.358 e. The van der Waals surface area contributed by atoms with E-state index in [1.54, 1.807) is 0 Å². The third-order valence-electron chi connectivity index (χ3n) is 3.97. The molecule has 1 aromatic heterocycles. The summed E-state index contributed by atoms with van der Waals surface area (Å²) in [5, 5.41) is 11.4. The fourth-order valence-corrected chi connectivity index (χ4v) is 2.65. The van der Waals surface area contributed by atoms with Crippen molar-refractivity contribution in [3.8, 4) is 0 Å². The molecule has 124 valence electrons. The summed E-state index contributed by atoms with van der Waals surface area (Å²) in [6, 6.07) is 8.49. The van der Waals surface area contributed by atoms with E-state index in [4.69, 9.17) is 12.2 Å². The van der Waals surface area contributed by atoms with Gasteiger partial charge in [0.15, 0.2) is 5.11 Å². The SMILES string of the molecule is CCCCc1ccc(NC(=S)NCc2cnn(CC)c2C)cc1. The molecule has 5 heteroatoms. The molecule has 0 fully saturated rings. The second kappa shape index (κ2) is 8.67. The third kappa shape index (κ3) is 5.06. The van der Waals surface area contributed by atoms with Gasteiger partial charge in [-0.15, -0.1) is 0 Å². The molecule has 1 heterocycles. The van der Waals surface area contributed by atoms with Crippen LogP contribution in [0.2, 0.25) is 0 Å². The van der Waals surface area contributed by atoms with Crippen LogP contribution in [0.1, 0.15) is 43.5 Å². The van der Waals surface area contributed by atoms with Gasteiger partial charge >= 0.3 is 0 Å². The second-order valence-electron chi connectivity index (χ2n) is 5.68. The highest BCUT2D eigenvalue weighted by molar-refractivity contribution is 7.80. The number of benzene rings is 1. The molecule has 2 N–H and O–H groups in total. The van der Waals surface area contributed by atoms with Gasteiger partial charge in [0.2, 0.25) is 0 Å². The van der Waals surface area contributed by atoms with E-state index in [0.29, 0.717) is 11.7 Å². The van der Waals surface area contributed by atoms with Crippen molar-refractivity contribution in [1.29, 1.82) is 0 Å². The molecule has 1 aromatic carbocycles. The normalized spacial score (nSPS) is 10.6. The van der Waals surface area contributed by atoms with Gasteiger partial charge in [0.1, 0.15) is 0 Å². The number of nitrogens with zero attached hydrogens (tertiary/aromatic N) is 2. The maximum absolute atomic E-state index is 5.37. The molecule has 0 saturated carbocycles. The second-order valence-corrected chi connectivity index (χ2v) is 6.09. The van der Waals surface area contributed by atoms with Gasteiger partial charge in [-0.2, -0.15) is 5.10 Å². The van der Waals surface area contributed by atoms with Gasteiger partial charge in [-0.3, -0.25) is 4.68 Å². The van der Waals surface area contributed by atoms with Gasteiger partial charge in [0, 0.05) is 30.0 Å². The van der Waals surface area contributed by atoms with Crippen LogP contribution in [0.25, 0.3) is 0 Å². The van der Waals surface area contributed by atoms with Gasteiger partial charge in [-0.05, 0) is 56.6 Å². The lowest BCUT2D eigenvalue weighted by Gasteiger charge is -2.11. The van der Waals surface area contributed by atoms with Crippen LogP contribution in [0.3, 0.4) is 0 Å². The highest BCUT2D eigenvalue weighted by Crippen LogP contribution is 2.12. The Morgan fingerprint density at radius 3 is 2.57 bits per heavy atom. The number of aryl methyl sites for hydroxylation is 2. The Bertz CT molecular complexity index is 631. The minimum Gasteiger partial charge on any atom is -0.358 e. The van der Waals surface area contributed by atoms with Crippen molar-refractivity contribution in [3.05, 3.63) is 47.3 Å². The van der Waals surface area contributed by atoms with E-state index in [1.807, 2.05) is 10.9 Å². The van der Waals surface area contributed by atoms with Gasteiger partial charge < -0.3 is 10.6 Å². The Labute approximate surface area is 144 Å². The number of anilines is 1. The summed E-state index contributed by atoms with van der Waals surface area (Å²) in [6.45, 7) is 7.96. The Kier molecular flexibility index (Phi) is 6.59. The van der Waals surface area contributed by atoms with E-state index >= 15 is 0 Å². The number of rotatable bonds is 7. The van der Waals surface area contributed by atoms with Gasteiger partial charge in [0.25, 0.3) is 0 Å². The van der Waals surface area contributed by atoms with Crippen LogP contribution < -0.4 is 10.6 Å². The summed E-state index contributed by atoms with van der Waals surface area (Å²) < 4.78 is 1.99. The molecular formula is C18H26N4S. The van der Waals surface area contributed by atoms with E-state index in [2.05, 4.69) is 60.8 Å². The minimum atomic E-state index is 0.634. The topological polar surface area (TPSA) is 41.9 Å². The molecule has 4 nitrogen and oxygen atoms in total. The lowest BCUT2D eigenvalue weighted by molar-refractivity contribution is 0.638. The molecule has 0 aliphatic carbocycles. The molecule has 2 aromatic rings. The van der Waals surface area contributed by atoms with E-state index in [0.717, 1.165) is 18.7 Å². The van der Waals surface area contributed by atoms with Crippen molar-refractivity contribution >= 4 is 23.0 Å². The molecule has 0 saturated heterocycles. The van der Waals surface area contributed by atoms with Crippen LogP contribution in [0.5, 0.6) is 0 Å². The first kappa shape index (κ1) is 17.5. The zero-order valence-corrected chi connectivity index (χ0v) is 15.0. The number of hydrogen-bond acceptors (Lipinski definition) is 2. The minimum absolute atomic E-state index is 0.634.